The Bertz CT molecular complexity index is 930. The van der Waals surface area contributed by atoms with Crippen LogP contribution in [0.2, 0.25) is 0 Å². The number of nitrogens with zero attached hydrogens (tertiary/aromatic N) is 1. The highest BCUT2D eigenvalue weighted by molar-refractivity contribution is 5.88. The van der Waals surface area contributed by atoms with Crippen LogP contribution in [0.4, 0.5) is 0 Å². The van der Waals surface area contributed by atoms with Gasteiger partial charge in [0.1, 0.15) is 0 Å². The van der Waals surface area contributed by atoms with E-state index in [1.165, 1.54) is 11.1 Å². The van der Waals surface area contributed by atoms with Gasteiger partial charge < -0.3 is 10.3 Å². The first-order chi connectivity index (χ1) is 13.2. The molecule has 4 heteroatoms. The van der Waals surface area contributed by atoms with Crippen LogP contribution in [-0.4, -0.2) is 34.9 Å². The number of carbonyl (C=O) groups excluding carboxylic acids is 1. The van der Waals surface area contributed by atoms with E-state index in [1.54, 1.807) is 0 Å². The molecule has 1 amide bonds. The van der Waals surface area contributed by atoms with Crippen LogP contribution in [0.15, 0.2) is 54.7 Å². The fourth-order valence-corrected chi connectivity index (χ4v) is 4.11. The molecule has 0 aliphatic carbocycles. The van der Waals surface area contributed by atoms with E-state index >= 15 is 0 Å². The van der Waals surface area contributed by atoms with Crippen molar-refractivity contribution in [3.63, 3.8) is 0 Å². The molecule has 2 aromatic carbocycles. The molecule has 1 aliphatic rings. The quantitative estimate of drug-likeness (QED) is 0.704. The zero-order valence-corrected chi connectivity index (χ0v) is 15.9. The fraction of sp³-hybridized carbons (Fsp3) is 0.348. The Kier molecular flexibility index (Phi) is 5.26. The number of benzene rings is 2. The molecule has 140 valence electrons. The number of hydrogen-bond acceptors (Lipinski definition) is 2. The maximum absolute atomic E-state index is 12.5. The van der Waals surface area contributed by atoms with Crippen LogP contribution < -0.4 is 5.32 Å². The van der Waals surface area contributed by atoms with Gasteiger partial charge in [-0.25, -0.2) is 0 Å². The molecule has 0 saturated carbocycles. The Morgan fingerprint density at radius 1 is 1.15 bits per heavy atom. The summed E-state index contributed by atoms with van der Waals surface area (Å²) in [5.41, 5.74) is 5.03. The Morgan fingerprint density at radius 2 is 1.93 bits per heavy atom. The second kappa shape index (κ2) is 7.97. The van der Waals surface area contributed by atoms with Crippen molar-refractivity contribution in [2.45, 2.75) is 38.8 Å². The van der Waals surface area contributed by atoms with Crippen LogP contribution in [0.25, 0.3) is 10.9 Å². The van der Waals surface area contributed by atoms with Crippen LogP contribution in [-0.2, 0) is 24.2 Å². The van der Waals surface area contributed by atoms with Crippen molar-refractivity contribution in [2.24, 2.45) is 0 Å². The van der Waals surface area contributed by atoms with Gasteiger partial charge in [-0.15, -0.1) is 0 Å². The number of carbonyl (C=O) groups is 1. The summed E-state index contributed by atoms with van der Waals surface area (Å²) in [4.78, 5) is 18.3. The zero-order chi connectivity index (χ0) is 18.6. The summed E-state index contributed by atoms with van der Waals surface area (Å²) in [6.45, 7) is 4.96. The van der Waals surface area contributed by atoms with Crippen molar-refractivity contribution in [3.8, 4) is 0 Å². The first-order valence-electron chi connectivity index (χ1n) is 9.87. The van der Waals surface area contributed by atoms with Crippen molar-refractivity contribution in [2.75, 3.05) is 13.1 Å². The van der Waals surface area contributed by atoms with Crippen LogP contribution in [0.5, 0.6) is 0 Å². The van der Waals surface area contributed by atoms with Crippen LogP contribution in [0.3, 0.4) is 0 Å². The van der Waals surface area contributed by atoms with Gasteiger partial charge in [0.25, 0.3) is 0 Å². The lowest BCUT2D eigenvalue weighted by Gasteiger charge is -2.35. The van der Waals surface area contributed by atoms with E-state index in [9.17, 15) is 4.79 Å². The molecule has 27 heavy (non-hydrogen) atoms. The Balaban J connectivity index is 1.35. The van der Waals surface area contributed by atoms with E-state index in [4.69, 9.17) is 0 Å². The Hall–Kier alpha value is -2.59. The number of aromatic nitrogens is 1. The van der Waals surface area contributed by atoms with Crippen molar-refractivity contribution < 1.29 is 4.79 Å². The molecule has 1 aliphatic heterocycles. The SMILES string of the molecule is CCC(CNC(=O)Cc1c[nH]c2ccccc12)N1CCc2ccccc2C1. The van der Waals surface area contributed by atoms with Crippen molar-refractivity contribution in [1.29, 1.82) is 0 Å². The molecular weight excluding hydrogens is 334 g/mol. The lowest BCUT2D eigenvalue weighted by Crippen LogP contribution is -2.46. The first kappa shape index (κ1) is 17.8. The predicted molar refractivity (Wildman–Crippen MR) is 110 cm³/mol. The number of H-pyrrole nitrogens is 1. The highest BCUT2D eigenvalue weighted by Crippen LogP contribution is 2.21. The summed E-state index contributed by atoms with van der Waals surface area (Å²) in [6.07, 6.45) is 4.50. The number of fused-ring (bicyclic) bond motifs is 2. The first-order valence-corrected chi connectivity index (χ1v) is 9.87. The zero-order valence-electron chi connectivity index (χ0n) is 15.9. The van der Waals surface area contributed by atoms with Gasteiger partial charge in [0.2, 0.25) is 5.91 Å². The maximum Gasteiger partial charge on any atom is 0.224 e. The van der Waals surface area contributed by atoms with E-state index in [2.05, 4.69) is 52.5 Å². The van der Waals surface area contributed by atoms with Gasteiger partial charge in [-0.3, -0.25) is 9.69 Å². The third-order valence-electron chi connectivity index (χ3n) is 5.71. The van der Waals surface area contributed by atoms with E-state index < -0.39 is 0 Å². The Labute approximate surface area is 160 Å². The minimum atomic E-state index is 0.0932. The highest BCUT2D eigenvalue weighted by atomic mass is 16.1. The second-order valence-electron chi connectivity index (χ2n) is 7.39. The van der Waals surface area contributed by atoms with Gasteiger partial charge in [-0.1, -0.05) is 49.4 Å². The van der Waals surface area contributed by atoms with Gasteiger partial charge in [0.15, 0.2) is 0 Å². The average Bonchev–Trinajstić information content (AvgIpc) is 3.11. The van der Waals surface area contributed by atoms with Gasteiger partial charge in [0, 0.05) is 42.8 Å². The number of nitrogens with one attached hydrogen (secondary N) is 2. The van der Waals surface area contributed by atoms with Crippen molar-refractivity contribution in [1.82, 2.24) is 15.2 Å². The molecule has 2 N–H and O–H groups in total. The summed E-state index contributed by atoms with van der Waals surface area (Å²) in [6, 6.07) is 17.2. The molecule has 2 heterocycles. The molecule has 1 aromatic heterocycles. The molecule has 0 fully saturated rings. The predicted octanol–water partition coefficient (Wildman–Crippen LogP) is 3.66. The lowest BCUT2D eigenvalue weighted by molar-refractivity contribution is -0.120. The Morgan fingerprint density at radius 3 is 2.78 bits per heavy atom. The summed E-state index contributed by atoms with van der Waals surface area (Å²) in [5, 5.41) is 4.30. The van der Waals surface area contributed by atoms with Gasteiger partial charge >= 0.3 is 0 Å². The number of hydrogen-bond donors (Lipinski definition) is 2. The van der Waals surface area contributed by atoms with Gasteiger partial charge in [-0.05, 0) is 35.6 Å². The van der Waals surface area contributed by atoms with Crippen LogP contribution >= 0.6 is 0 Å². The number of rotatable bonds is 6. The van der Waals surface area contributed by atoms with Crippen LogP contribution in [0, 0.1) is 0 Å². The minimum Gasteiger partial charge on any atom is -0.361 e. The van der Waals surface area contributed by atoms with E-state index in [0.29, 0.717) is 19.0 Å². The van der Waals surface area contributed by atoms with Crippen molar-refractivity contribution >= 4 is 16.8 Å². The normalized spacial score (nSPS) is 15.4. The summed E-state index contributed by atoms with van der Waals surface area (Å²) in [7, 11) is 0. The molecule has 0 bridgehead atoms. The number of amides is 1. The third-order valence-corrected chi connectivity index (χ3v) is 5.71. The molecule has 4 nitrogen and oxygen atoms in total. The van der Waals surface area contributed by atoms with E-state index in [1.807, 2.05) is 24.4 Å². The number of para-hydroxylation sites is 1. The summed E-state index contributed by atoms with van der Waals surface area (Å²) >= 11 is 0. The molecule has 0 saturated heterocycles. The maximum atomic E-state index is 12.5. The topological polar surface area (TPSA) is 48.1 Å². The average molecular weight is 361 g/mol. The molecule has 4 rings (SSSR count). The van der Waals surface area contributed by atoms with Gasteiger partial charge in [0.05, 0.1) is 6.42 Å². The second-order valence-corrected chi connectivity index (χ2v) is 7.39. The monoisotopic (exact) mass is 361 g/mol. The molecule has 0 radical (unpaired) electrons. The van der Waals surface area contributed by atoms with Crippen LogP contribution in [0.1, 0.15) is 30.0 Å². The van der Waals surface area contributed by atoms with Crippen molar-refractivity contribution in [3.05, 3.63) is 71.4 Å². The minimum absolute atomic E-state index is 0.0932. The summed E-state index contributed by atoms with van der Waals surface area (Å²) in [5.74, 6) is 0.0932. The fourth-order valence-electron chi connectivity index (χ4n) is 4.11. The number of aromatic amines is 1. The summed E-state index contributed by atoms with van der Waals surface area (Å²) < 4.78 is 0. The molecule has 0 spiro atoms. The molecule has 1 unspecified atom stereocenters. The van der Waals surface area contributed by atoms with E-state index in [-0.39, 0.29) is 5.91 Å². The lowest BCUT2D eigenvalue weighted by atomic mass is 9.98. The molecule has 3 aromatic rings. The highest BCUT2D eigenvalue weighted by Gasteiger charge is 2.22. The standard InChI is InChI=1S/C23H27N3O/c1-2-20(26-12-11-17-7-3-4-8-18(17)16-26)15-25-23(27)13-19-14-24-22-10-6-5-9-21(19)22/h3-10,14,20,24H,2,11-13,15-16H2,1H3,(H,25,27). The molecule has 1 atom stereocenters. The largest absolute Gasteiger partial charge is 0.361 e. The van der Waals surface area contributed by atoms with E-state index in [0.717, 1.165) is 42.4 Å². The smallest absolute Gasteiger partial charge is 0.224 e. The third kappa shape index (κ3) is 3.91. The molecular formula is C23H27N3O. The van der Waals surface area contributed by atoms with Gasteiger partial charge in [-0.2, -0.15) is 0 Å².